The van der Waals surface area contributed by atoms with Gasteiger partial charge in [-0.3, -0.25) is 9.69 Å². The molecule has 0 radical (unpaired) electrons. The third kappa shape index (κ3) is 4.01. The Kier molecular flexibility index (Phi) is 6.11. The normalized spacial score (nSPS) is 15.4. The third-order valence-electron chi connectivity index (χ3n) is 5.33. The predicted octanol–water partition coefficient (Wildman–Crippen LogP) is 4.75. The molecular weight excluding hydrogens is 376 g/mol. The first kappa shape index (κ1) is 21.4. The number of methoxy groups -OCH3 is 1. The SMILES string of the molecule is COC(=O)C1=C(C)N(c2ccc(C(C)C)cc2)C(=O)C1=Cc1ccc(N(C)C)cc1. The van der Waals surface area contributed by atoms with Crippen molar-refractivity contribution in [1.29, 1.82) is 0 Å². The standard InChI is InChI=1S/C25H28N2O3/c1-16(2)19-9-13-21(14-10-19)27-17(3)23(25(29)30-6)22(24(27)28)15-18-7-11-20(12-8-18)26(4)5/h7-16H,1-6H3. The van der Waals surface area contributed by atoms with E-state index in [1.807, 2.05) is 67.5 Å². The molecule has 0 bridgehead atoms. The fourth-order valence-corrected chi connectivity index (χ4v) is 3.53. The molecule has 0 unspecified atom stereocenters. The number of benzene rings is 2. The highest BCUT2D eigenvalue weighted by Crippen LogP contribution is 2.36. The molecule has 0 saturated carbocycles. The Morgan fingerprint density at radius 3 is 2.13 bits per heavy atom. The Labute approximate surface area is 178 Å². The van der Waals surface area contributed by atoms with Crippen LogP contribution in [0.3, 0.4) is 0 Å². The molecule has 0 fully saturated rings. The molecule has 156 valence electrons. The molecule has 0 spiro atoms. The first-order valence-electron chi connectivity index (χ1n) is 9.97. The maximum atomic E-state index is 13.3. The lowest BCUT2D eigenvalue weighted by molar-refractivity contribution is -0.136. The molecule has 5 heteroatoms. The van der Waals surface area contributed by atoms with Crippen molar-refractivity contribution in [3.8, 4) is 0 Å². The van der Waals surface area contributed by atoms with Crippen LogP contribution in [0.25, 0.3) is 6.08 Å². The molecule has 0 saturated heterocycles. The van der Waals surface area contributed by atoms with Crippen molar-refractivity contribution in [1.82, 2.24) is 0 Å². The summed E-state index contributed by atoms with van der Waals surface area (Å²) in [6, 6.07) is 15.7. The number of esters is 1. The second-order valence-electron chi connectivity index (χ2n) is 7.88. The predicted molar refractivity (Wildman–Crippen MR) is 121 cm³/mol. The molecular formula is C25H28N2O3. The minimum Gasteiger partial charge on any atom is -0.465 e. The number of hydrogen-bond acceptors (Lipinski definition) is 4. The van der Waals surface area contributed by atoms with E-state index < -0.39 is 5.97 Å². The van der Waals surface area contributed by atoms with Gasteiger partial charge in [0.2, 0.25) is 0 Å². The number of allylic oxidation sites excluding steroid dienone is 1. The highest BCUT2D eigenvalue weighted by Gasteiger charge is 2.37. The second kappa shape index (κ2) is 8.57. The maximum absolute atomic E-state index is 13.3. The molecule has 1 amide bonds. The molecule has 0 aliphatic carbocycles. The highest BCUT2D eigenvalue weighted by atomic mass is 16.5. The summed E-state index contributed by atoms with van der Waals surface area (Å²) >= 11 is 0. The number of nitrogens with zero attached hydrogens (tertiary/aromatic N) is 2. The largest absolute Gasteiger partial charge is 0.465 e. The molecule has 3 rings (SSSR count). The van der Waals surface area contributed by atoms with E-state index in [0.29, 0.717) is 22.8 Å². The van der Waals surface area contributed by atoms with Crippen molar-refractivity contribution in [3.63, 3.8) is 0 Å². The van der Waals surface area contributed by atoms with Crippen molar-refractivity contribution in [2.24, 2.45) is 0 Å². The quantitative estimate of drug-likeness (QED) is 0.533. The molecule has 0 N–H and O–H groups in total. The average molecular weight is 405 g/mol. The molecule has 1 aliphatic heterocycles. The van der Waals surface area contributed by atoms with Gasteiger partial charge in [0.05, 0.1) is 18.3 Å². The zero-order valence-corrected chi connectivity index (χ0v) is 18.4. The summed E-state index contributed by atoms with van der Waals surface area (Å²) in [6.07, 6.45) is 1.75. The lowest BCUT2D eigenvalue weighted by Gasteiger charge is -2.19. The average Bonchev–Trinajstić information content (AvgIpc) is 2.97. The number of carbonyl (C=O) groups excluding carboxylic acids is 2. The van der Waals surface area contributed by atoms with Crippen LogP contribution in [0.4, 0.5) is 11.4 Å². The molecule has 1 aliphatic rings. The summed E-state index contributed by atoms with van der Waals surface area (Å²) in [6.45, 7) is 6.02. The van der Waals surface area contributed by atoms with Gasteiger partial charge in [-0.25, -0.2) is 4.79 Å². The van der Waals surface area contributed by atoms with Gasteiger partial charge in [0.15, 0.2) is 0 Å². The summed E-state index contributed by atoms with van der Waals surface area (Å²) in [5.74, 6) is -0.351. The van der Waals surface area contributed by atoms with Gasteiger partial charge in [0.1, 0.15) is 0 Å². The van der Waals surface area contributed by atoms with Crippen molar-refractivity contribution in [2.75, 3.05) is 31.0 Å². The van der Waals surface area contributed by atoms with Gasteiger partial charge in [0.25, 0.3) is 5.91 Å². The van der Waals surface area contributed by atoms with Crippen LogP contribution < -0.4 is 9.80 Å². The fourth-order valence-electron chi connectivity index (χ4n) is 3.53. The van der Waals surface area contributed by atoms with Crippen LogP contribution in [-0.2, 0) is 14.3 Å². The molecule has 0 aromatic heterocycles. The zero-order chi connectivity index (χ0) is 22.0. The van der Waals surface area contributed by atoms with Crippen LogP contribution in [0, 0.1) is 0 Å². The number of rotatable bonds is 5. The van der Waals surface area contributed by atoms with Crippen LogP contribution in [0.5, 0.6) is 0 Å². The Morgan fingerprint density at radius 2 is 1.63 bits per heavy atom. The number of ether oxygens (including phenoxy) is 1. The third-order valence-corrected chi connectivity index (χ3v) is 5.33. The first-order chi connectivity index (χ1) is 14.2. The fraction of sp³-hybridized carbons (Fsp3) is 0.280. The summed E-state index contributed by atoms with van der Waals surface area (Å²) in [4.78, 5) is 29.5. The molecule has 0 atom stereocenters. The minimum atomic E-state index is -0.515. The van der Waals surface area contributed by atoms with E-state index in [1.165, 1.54) is 12.7 Å². The van der Waals surface area contributed by atoms with E-state index in [2.05, 4.69) is 13.8 Å². The molecule has 2 aromatic rings. The number of hydrogen-bond donors (Lipinski definition) is 0. The van der Waals surface area contributed by atoms with Gasteiger partial charge in [0, 0.05) is 31.2 Å². The topological polar surface area (TPSA) is 49.9 Å². The molecule has 30 heavy (non-hydrogen) atoms. The van der Waals surface area contributed by atoms with E-state index >= 15 is 0 Å². The van der Waals surface area contributed by atoms with Crippen LogP contribution in [0.1, 0.15) is 37.8 Å². The summed E-state index contributed by atoms with van der Waals surface area (Å²) in [7, 11) is 5.27. The number of amides is 1. The van der Waals surface area contributed by atoms with Gasteiger partial charge in [-0.05, 0) is 54.3 Å². The lowest BCUT2D eigenvalue weighted by atomic mass is 10.0. The van der Waals surface area contributed by atoms with Gasteiger partial charge in [-0.1, -0.05) is 38.1 Å². The zero-order valence-electron chi connectivity index (χ0n) is 18.4. The lowest BCUT2D eigenvalue weighted by Crippen LogP contribution is -2.24. The Bertz CT molecular complexity index is 1010. The first-order valence-corrected chi connectivity index (χ1v) is 9.97. The smallest absolute Gasteiger partial charge is 0.340 e. The van der Waals surface area contributed by atoms with E-state index in [1.54, 1.807) is 17.9 Å². The van der Waals surface area contributed by atoms with Crippen LogP contribution in [0.15, 0.2) is 65.4 Å². The molecule has 1 heterocycles. The monoisotopic (exact) mass is 404 g/mol. The molecule has 5 nitrogen and oxygen atoms in total. The van der Waals surface area contributed by atoms with E-state index in [-0.39, 0.29) is 5.91 Å². The van der Waals surface area contributed by atoms with E-state index in [4.69, 9.17) is 4.74 Å². The van der Waals surface area contributed by atoms with Crippen LogP contribution in [0.2, 0.25) is 0 Å². The highest BCUT2D eigenvalue weighted by molar-refractivity contribution is 6.23. The number of carbonyl (C=O) groups is 2. The second-order valence-corrected chi connectivity index (χ2v) is 7.88. The van der Waals surface area contributed by atoms with Crippen LogP contribution >= 0.6 is 0 Å². The van der Waals surface area contributed by atoms with Gasteiger partial charge < -0.3 is 9.64 Å². The van der Waals surface area contributed by atoms with E-state index in [9.17, 15) is 9.59 Å². The van der Waals surface area contributed by atoms with Crippen LogP contribution in [-0.4, -0.2) is 33.1 Å². The summed E-state index contributed by atoms with van der Waals surface area (Å²) < 4.78 is 4.98. The maximum Gasteiger partial charge on any atom is 0.340 e. The van der Waals surface area contributed by atoms with Crippen molar-refractivity contribution < 1.29 is 14.3 Å². The summed E-state index contributed by atoms with van der Waals surface area (Å²) in [5, 5.41) is 0. The van der Waals surface area contributed by atoms with Gasteiger partial charge in [-0.15, -0.1) is 0 Å². The van der Waals surface area contributed by atoms with Crippen molar-refractivity contribution in [3.05, 3.63) is 76.5 Å². The van der Waals surface area contributed by atoms with Gasteiger partial charge >= 0.3 is 5.97 Å². The number of anilines is 2. The Hall–Kier alpha value is -3.34. The Morgan fingerprint density at radius 1 is 1.03 bits per heavy atom. The van der Waals surface area contributed by atoms with Crippen molar-refractivity contribution >= 4 is 29.3 Å². The van der Waals surface area contributed by atoms with Crippen molar-refractivity contribution in [2.45, 2.75) is 26.7 Å². The summed E-state index contributed by atoms with van der Waals surface area (Å²) in [5.41, 5.74) is 5.03. The Balaban J connectivity index is 2.05. The molecule has 2 aromatic carbocycles. The van der Waals surface area contributed by atoms with E-state index in [0.717, 1.165) is 16.9 Å². The van der Waals surface area contributed by atoms with Gasteiger partial charge in [-0.2, -0.15) is 0 Å². The minimum absolute atomic E-state index is 0.234.